The maximum Gasteiger partial charge on any atom is 0.255 e. The van der Waals surface area contributed by atoms with E-state index in [1.165, 1.54) is 12.3 Å². The number of carbonyl (C=O) groups excluding carboxylic acids is 1. The van der Waals surface area contributed by atoms with Crippen molar-refractivity contribution in [3.63, 3.8) is 0 Å². The highest BCUT2D eigenvalue weighted by Gasteiger charge is 2.22. The number of pyridine rings is 1. The second kappa shape index (κ2) is 6.35. The molecular formula is C18H17N5O2. The molecule has 1 amide bonds. The SMILES string of the molecule is O=C(c1ccc(=O)[nH]c1)N1CCN(c2ccc3ncncc3c2)CC1. The van der Waals surface area contributed by atoms with E-state index in [1.54, 1.807) is 12.4 Å². The minimum atomic E-state index is -0.207. The first kappa shape index (κ1) is 15.3. The summed E-state index contributed by atoms with van der Waals surface area (Å²) in [5.74, 6) is -0.0530. The number of benzene rings is 1. The van der Waals surface area contributed by atoms with E-state index in [9.17, 15) is 9.59 Å². The lowest BCUT2D eigenvalue weighted by atomic mass is 10.2. The summed E-state index contributed by atoms with van der Waals surface area (Å²) in [5, 5.41) is 1.01. The van der Waals surface area contributed by atoms with E-state index in [2.05, 4.69) is 32.0 Å². The Morgan fingerprint density at radius 1 is 1.08 bits per heavy atom. The van der Waals surface area contributed by atoms with Crippen LogP contribution in [0.3, 0.4) is 0 Å². The highest BCUT2D eigenvalue weighted by atomic mass is 16.2. The van der Waals surface area contributed by atoms with Crippen LogP contribution >= 0.6 is 0 Å². The van der Waals surface area contributed by atoms with Crippen molar-refractivity contribution in [1.82, 2.24) is 19.9 Å². The first-order valence-corrected chi connectivity index (χ1v) is 8.13. The molecule has 3 heterocycles. The van der Waals surface area contributed by atoms with Crippen LogP contribution in [-0.2, 0) is 0 Å². The summed E-state index contributed by atoms with van der Waals surface area (Å²) in [6.07, 6.45) is 4.82. The molecule has 0 spiro atoms. The fraction of sp³-hybridized carbons (Fsp3) is 0.222. The first-order chi connectivity index (χ1) is 12.2. The number of piperazine rings is 1. The highest BCUT2D eigenvalue weighted by molar-refractivity contribution is 5.94. The molecule has 126 valence electrons. The highest BCUT2D eigenvalue weighted by Crippen LogP contribution is 2.21. The van der Waals surface area contributed by atoms with E-state index < -0.39 is 0 Å². The molecule has 0 atom stereocenters. The van der Waals surface area contributed by atoms with Crippen LogP contribution in [0.4, 0.5) is 5.69 Å². The third-order valence-corrected chi connectivity index (χ3v) is 4.45. The molecule has 7 heteroatoms. The van der Waals surface area contributed by atoms with Gasteiger partial charge >= 0.3 is 0 Å². The Balaban J connectivity index is 1.46. The zero-order valence-electron chi connectivity index (χ0n) is 13.6. The van der Waals surface area contributed by atoms with Gasteiger partial charge in [0.15, 0.2) is 0 Å². The van der Waals surface area contributed by atoms with E-state index in [0.717, 1.165) is 29.7 Å². The molecule has 0 saturated carbocycles. The monoisotopic (exact) mass is 335 g/mol. The molecule has 0 radical (unpaired) electrons. The lowest BCUT2D eigenvalue weighted by molar-refractivity contribution is 0.0746. The second-order valence-corrected chi connectivity index (χ2v) is 5.99. The minimum absolute atomic E-state index is 0.0530. The predicted octanol–water partition coefficient (Wildman–Crippen LogP) is 1.28. The third-order valence-electron chi connectivity index (χ3n) is 4.45. The summed E-state index contributed by atoms with van der Waals surface area (Å²) in [4.78, 5) is 38.5. The Hall–Kier alpha value is -3.22. The van der Waals surface area contributed by atoms with Crippen LogP contribution in [0.5, 0.6) is 0 Å². The van der Waals surface area contributed by atoms with Gasteiger partial charge in [0.25, 0.3) is 5.91 Å². The van der Waals surface area contributed by atoms with Crippen LogP contribution < -0.4 is 10.5 Å². The zero-order valence-corrected chi connectivity index (χ0v) is 13.6. The Bertz CT molecular complexity index is 956. The van der Waals surface area contributed by atoms with E-state index >= 15 is 0 Å². The average Bonchev–Trinajstić information content (AvgIpc) is 2.68. The number of carbonyl (C=O) groups is 1. The van der Waals surface area contributed by atoms with E-state index in [1.807, 2.05) is 17.2 Å². The van der Waals surface area contributed by atoms with Crippen LogP contribution in [0.25, 0.3) is 10.9 Å². The van der Waals surface area contributed by atoms with Crippen molar-refractivity contribution >= 4 is 22.5 Å². The summed E-state index contributed by atoms with van der Waals surface area (Å²) < 4.78 is 0. The molecule has 1 N–H and O–H groups in total. The molecular weight excluding hydrogens is 318 g/mol. The average molecular weight is 335 g/mol. The summed E-state index contributed by atoms with van der Waals surface area (Å²) >= 11 is 0. The normalized spacial score (nSPS) is 14.7. The number of hydrogen-bond acceptors (Lipinski definition) is 5. The van der Waals surface area contributed by atoms with Crippen molar-refractivity contribution in [2.24, 2.45) is 0 Å². The Kier molecular flexibility index (Phi) is 3.89. The van der Waals surface area contributed by atoms with Gasteiger partial charge in [-0.2, -0.15) is 0 Å². The maximum atomic E-state index is 12.5. The minimum Gasteiger partial charge on any atom is -0.368 e. The van der Waals surface area contributed by atoms with Gasteiger partial charge in [0.1, 0.15) is 6.33 Å². The number of anilines is 1. The quantitative estimate of drug-likeness (QED) is 0.763. The molecule has 1 aliphatic heterocycles. The van der Waals surface area contributed by atoms with Crippen molar-refractivity contribution < 1.29 is 4.79 Å². The summed E-state index contributed by atoms with van der Waals surface area (Å²) in [5.41, 5.74) is 2.33. The van der Waals surface area contributed by atoms with Gasteiger partial charge in [-0.15, -0.1) is 0 Å². The molecule has 1 fully saturated rings. The topological polar surface area (TPSA) is 82.2 Å². The van der Waals surface area contributed by atoms with E-state index in [-0.39, 0.29) is 11.5 Å². The molecule has 1 aromatic carbocycles. The van der Waals surface area contributed by atoms with Gasteiger partial charge in [-0.05, 0) is 24.3 Å². The van der Waals surface area contributed by atoms with E-state index in [0.29, 0.717) is 18.7 Å². The number of hydrogen-bond donors (Lipinski definition) is 1. The predicted molar refractivity (Wildman–Crippen MR) is 94.7 cm³/mol. The molecule has 0 bridgehead atoms. The molecule has 2 aromatic heterocycles. The van der Waals surface area contributed by atoms with Crippen LogP contribution in [0, 0.1) is 0 Å². The zero-order chi connectivity index (χ0) is 17.2. The number of nitrogens with one attached hydrogen (secondary N) is 1. The summed E-state index contributed by atoms with van der Waals surface area (Å²) in [7, 11) is 0. The van der Waals surface area contributed by atoms with Crippen LogP contribution in [0.15, 0.2) is 53.8 Å². The van der Waals surface area contributed by atoms with E-state index in [4.69, 9.17) is 0 Å². The number of H-pyrrole nitrogens is 1. The Morgan fingerprint density at radius 3 is 2.68 bits per heavy atom. The van der Waals surface area contributed by atoms with Gasteiger partial charge in [0, 0.05) is 55.7 Å². The third kappa shape index (κ3) is 3.08. The molecule has 4 rings (SSSR count). The van der Waals surface area contributed by atoms with Gasteiger partial charge in [-0.1, -0.05) is 0 Å². The van der Waals surface area contributed by atoms with Crippen molar-refractivity contribution in [2.75, 3.05) is 31.1 Å². The standard InChI is InChI=1S/C18H17N5O2/c24-17-4-1-13(11-20-17)18(25)23-7-5-22(6-8-23)15-2-3-16-14(9-15)10-19-12-21-16/h1-4,9-12H,5-8H2,(H,20,24). The van der Waals surface area contributed by atoms with Crippen LogP contribution in [-0.4, -0.2) is 51.9 Å². The fourth-order valence-electron chi connectivity index (χ4n) is 3.06. The lowest BCUT2D eigenvalue weighted by Gasteiger charge is -2.36. The largest absolute Gasteiger partial charge is 0.368 e. The molecule has 1 aliphatic rings. The van der Waals surface area contributed by atoms with Gasteiger partial charge in [-0.25, -0.2) is 9.97 Å². The maximum absolute atomic E-state index is 12.5. The number of aromatic nitrogens is 3. The van der Waals surface area contributed by atoms with Gasteiger partial charge in [-0.3, -0.25) is 9.59 Å². The lowest BCUT2D eigenvalue weighted by Crippen LogP contribution is -2.48. The molecule has 0 aliphatic carbocycles. The first-order valence-electron chi connectivity index (χ1n) is 8.13. The Morgan fingerprint density at radius 2 is 1.92 bits per heavy atom. The Labute approximate surface area is 143 Å². The van der Waals surface area contributed by atoms with Gasteiger partial charge in [0.2, 0.25) is 5.56 Å². The van der Waals surface area contributed by atoms with Crippen molar-refractivity contribution in [2.45, 2.75) is 0 Å². The van der Waals surface area contributed by atoms with Crippen molar-refractivity contribution in [3.05, 3.63) is 65.0 Å². The molecule has 0 unspecified atom stereocenters. The molecule has 3 aromatic rings. The molecule has 25 heavy (non-hydrogen) atoms. The fourth-order valence-corrected chi connectivity index (χ4v) is 3.06. The molecule has 1 saturated heterocycles. The summed E-state index contributed by atoms with van der Waals surface area (Å²) in [6, 6.07) is 9.06. The van der Waals surface area contributed by atoms with Crippen molar-refractivity contribution in [3.8, 4) is 0 Å². The number of fused-ring (bicyclic) bond motifs is 1. The number of nitrogens with zero attached hydrogens (tertiary/aromatic N) is 4. The second-order valence-electron chi connectivity index (χ2n) is 5.99. The van der Waals surface area contributed by atoms with Gasteiger partial charge < -0.3 is 14.8 Å². The van der Waals surface area contributed by atoms with Crippen LogP contribution in [0.2, 0.25) is 0 Å². The van der Waals surface area contributed by atoms with Crippen LogP contribution in [0.1, 0.15) is 10.4 Å². The van der Waals surface area contributed by atoms with Gasteiger partial charge in [0.05, 0.1) is 11.1 Å². The number of aromatic amines is 1. The molecule has 7 nitrogen and oxygen atoms in total. The number of rotatable bonds is 2. The summed E-state index contributed by atoms with van der Waals surface area (Å²) in [6.45, 7) is 2.80. The number of amides is 1. The van der Waals surface area contributed by atoms with Crippen molar-refractivity contribution in [1.29, 1.82) is 0 Å². The smallest absolute Gasteiger partial charge is 0.255 e.